The quantitative estimate of drug-likeness (QED) is 0.137. The highest BCUT2D eigenvalue weighted by molar-refractivity contribution is 5.91. The molecule has 0 bridgehead atoms. The number of nitrogens with zero attached hydrogens (tertiary/aromatic N) is 3. The minimum atomic E-state index is 0.928. The molecule has 0 atom stereocenters. The number of para-hydroxylation sites is 1. The first kappa shape index (κ1) is 38.4. The Hall–Kier alpha value is -8.53. The van der Waals surface area contributed by atoms with Crippen molar-refractivity contribution in [2.75, 3.05) is 4.90 Å². The first-order valence-corrected chi connectivity index (χ1v) is 21.8. The summed E-state index contributed by atoms with van der Waals surface area (Å²) in [7, 11) is 0. The molecule has 0 spiro atoms. The van der Waals surface area contributed by atoms with Crippen LogP contribution in [0.4, 0.5) is 17.1 Å². The number of anilines is 3. The van der Waals surface area contributed by atoms with Gasteiger partial charge in [0.2, 0.25) is 0 Å². The van der Waals surface area contributed by atoms with Gasteiger partial charge in [0, 0.05) is 28.3 Å². The van der Waals surface area contributed by atoms with E-state index >= 15 is 0 Å². The number of hydrogen-bond donors (Lipinski definition) is 0. The SMILES string of the molecule is c1ccc(-c2ccc(N(c3ccc(-c4cccc(-c5ccc6nc(-c7ccccc7)n(-c7ccccc7)c6c5)c4)cc3)c3ccc(-c4ccccc4)c(-c4ccccc4)c3)cc2)cc1. The summed E-state index contributed by atoms with van der Waals surface area (Å²) < 4.78 is 2.27. The lowest BCUT2D eigenvalue weighted by atomic mass is 9.93. The van der Waals surface area contributed by atoms with Gasteiger partial charge in [-0.2, -0.15) is 0 Å². The van der Waals surface area contributed by atoms with Gasteiger partial charge in [-0.3, -0.25) is 4.57 Å². The molecule has 0 aliphatic heterocycles. The molecule has 0 amide bonds. The predicted octanol–water partition coefficient (Wildman–Crippen LogP) is 16.5. The van der Waals surface area contributed by atoms with Crippen molar-refractivity contribution in [1.29, 1.82) is 0 Å². The number of imidazole rings is 1. The van der Waals surface area contributed by atoms with Crippen molar-refractivity contribution in [2.24, 2.45) is 0 Å². The molecule has 1 aromatic heterocycles. The second-order valence-electron chi connectivity index (χ2n) is 16.0. The molecular weight excluding hydrogens is 775 g/mol. The molecule has 0 N–H and O–H groups in total. The summed E-state index contributed by atoms with van der Waals surface area (Å²) in [5, 5.41) is 0. The molecular formula is C61H43N3. The number of rotatable bonds is 10. The Morgan fingerprint density at radius 3 is 1.30 bits per heavy atom. The largest absolute Gasteiger partial charge is 0.310 e. The molecule has 10 aromatic carbocycles. The van der Waals surface area contributed by atoms with Gasteiger partial charge in [-0.25, -0.2) is 4.98 Å². The third kappa shape index (κ3) is 7.57. The summed E-state index contributed by atoms with van der Waals surface area (Å²) in [4.78, 5) is 7.51. The van der Waals surface area contributed by atoms with Crippen molar-refractivity contribution in [2.45, 2.75) is 0 Å². The Balaban J connectivity index is 0.977. The molecule has 0 saturated heterocycles. The van der Waals surface area contributed by atoms with Crippen molar-refractivity contribution < 1.29 is 0 Å². The molecule has 1 heterocycles. The standard InChI is InChI=1S/C61H43N3/c1-6-17-44(18-7-1)45-29-34-54(35-30-45)63(56-38-39-57(47-19-8-2-9-20-47)58(43-56)48-21-10-3-11-22-48)55-36-31-46(32-37-55)50-25-16-26-51(41-50)52-33-40-59-60(42-52)64(53-27-14-5-15-28-53)61(62-59)49-23-12-4-13-24-49/h1-43H. The van der Waals surface area contributed by atoms with Crippen molar-refractivity contribution >= 4 is 28.1 Å². The van der Waals surface area contributed by atoms with E-state index in [-0.39, 0.29) is 0 Å². The van der Waals surface area contributed by atoms with Crippen LogP contribution in [0, 0.1) is 0 Å². The molecule has 0 radical (unpaired) electrons. The monoisotopic (exact) mass is 817 g/mol. The number of fused-ring (bicyclic) bond motifs is 1. The second-order valence-corrected chi connectivity index (χ2v) is 16.0. The highest BCUT2D eigenvalue weighted by atomic mass is 15.1. The van der Waals surface area contributed by atoms with E-state index in [1.807, 2.05) is 6.07 Å². The van der Waals surface area contributed by atoms with Gasteiger partial charge in [0.1, 0.15) is 5.82 Å². The van der Waals surface area contributed by atoms with Crippen molar-refractivity contribution in [3.8, 4) is 72.7 Å². The lowest BCUT2D eigenvalue weighted by Crippen LogP contribution is -2.10. The molecule has 0 saturated carbocycles. The van der Waals surface area contributed by atoms with Gasteiger partial charge in [0.25, 0.3) is 0 Å². The molecule has 3 nitrogen and oxygen atoms in total. The molecule has 3 heteroatoms. The maximum absolute atomic E-state index is 5.14. The highest BCUT2D eigenvalue weighted by Gasteiger charge is 2.18. The van der Waals surface area contributed by atoms with Crippen molar-refractivity contribution in [1.82, 2.24) is 9.55 Å². The molecule has 0 unspecified atom stereocenters. The van der Waals surface area contributed by atoms with Gasteiger partial charge in [-0.05, 0) is 122 Å². The second kappa shape index (κ2) is 17.1. The Labute approximate surface area is 374 Å². The van der Waals surface area contributed by atoms with E-state index in [0.717, 1.165) is 67.4 Å². The highest BCUT2D eigenvalue weighted by Crippen LogP contribution is 2.42. The van der Waals surface area contributed by atoms with E-state index < -0.39 is 0 Å². The van der Waals surface area contributed by atoms with E-state index in [1.165, 1.54) is 33.4 Å². The number of aromatic nitrogens is 2. The van der Waals surface area contributed by atoms with Gasteiger partial charge in [-0.15, -0.1) is 0 Å². The Morgan fingerprint density at radius 1 is 0.281 bits per heavy atom. The minimum Gasteiger partial charge on any atom is -0.310 e. The first-order valence-electron chi connectivity index (χ1n) is 21.8. The third-order valence-electron chi connectivity index (χ3n) is 12.0. The molecule has 64 heavy (non-hydrogen) atoms. The van der Waals surface area contributed by atoms with E-state index in [1.54, 1.807) is 0 Å². The Morgan fingerprint density at radius 2 is 0.703 bits per heavy atom. The Bertz CT molecular complexity index is 3330. The molecule has 0 fully saturated rings. The summed E-state index contributed by atoms with van der Waals surface area (Å²) in [5.74, 6) is 0.928. The molecule has 0 aliphatic rings. The van der Waals surface area contributed by atoms with Crippen LogP contribution in [0.25, 0.3) is 83.7 Å². The van der Waals surface area contributed by atoms with Gasteiger partial charge < -0.3 is 4.90 Å². The van der Waals surface area contributed by atoms with Crippen molar-refractivity contribution in [3.05, 3.63) is 261 Å². The van der Waals surface area contributed by atoms with Gasteiger partial charge >= 0.3 is 0 Å². The fourth-order valence-corrected chi connectivity index (χ4v) is 8.83. The fraction of sp³-hybridized carbons (Fsp3) is 0. The molecule has 302 valence electrons. The number of hydrogen-bond acceptors (Lipinski definition) is 2. The average molecular weight is 818 g/mol. The summed E-state index contributed by atoms with van der Waals surface area (Å²) in [6.07, 6.45) is 0. The van der Waals surface area contributed by atoms with E-state index in [4.69, 9.17) is 4.98 Å². The molecule has 11 aromatic rings. The summed E-state index contributed by atoms with van der Waals surface area (Å²) in [6.45, 7) is 0. The topological polar surface area (TPSA) is 21.1 Å². The zero-order valence-electron chi connectivity index (χ0n) is 35.2. The van der Waals surface area contributed by atoms with E-state index in [9.17, 15) is 0 Å². The van der Waals surface area contributed by atoms with Crippen LogP contribution in [0.15, 0.2) is 261 Å². The van der Waals surface area contributed by atoms with Crippen LogP contribution in [0.1, 0.15) is 0 Å². The van der Waals surface area contributed by atoms with Crippen LogP contribution in [0.3, 0.4) is 0 Å². The van der Waals surface area contributed by atoms with Gasteiger partial charge in [-0.1, -0.05) is 194 Å². The maximum atomic E-state index is 5.14. The predicted molar refractivity (Wildman–Crippen MR) is 268 cm³/mol. The third-order valence-corrected chi connectivity index (χ3v) is 12.0. The van der Waals surface area contributed by atoms with Gasteiger partial charge in [0.05, 0.1) is 11.0 Å². The zero-order chi connectivity index (χ0) is 42.7. The molecule has 0 aliphatic carbocycles. The fourth-order valence-electron chi connectivity index (χ4n) is 8.83. The first-order chi connectivity index (χ1) is 31.7. The Kier molecular flexibility index (Phi) is 10.3. The minimum absolute atomic E-state index is 0.928. The summed E-state index contributed by atoms with van der Waals surface area (Å²) in [6, 6.07) is 93.1. The zero-order valence-corrected chi connectivity index (χ0v) is 35.2. The van der Waals surface area contributed by atoms with Crippen molar-refractivity contribution in [3.63, 3.8) is 0 Å². The van der Waals surface area contributed by atoms with Crippen LogP contribution in [-0.4, -0.2) is 9.55 Å². The molecule has 11 rings (SSSR count). The van der Waals surface area contributed by atoms with Crippen LogP contribution in [0.5, 0.6) is 0 Å². The van der Waals surface area contributed by atoms with E-state index in [0.29, 0.717) is 0 Å². The van der Waals surface area contributed by atoms with Crippen LogP contribution in [-0.2, 0) is 0 Å². The van der Waals surface area contributed by atoms with Crippen LogP contribution < -0.4 is 4.90 Å². The lowest BCUT2D eigenvalue weighted by Gasteiger charge is -2.27. The maximum Gasteiger partial charge on any atom is 0.145 e. The smallest absolute Gasteiger partial charge is 0.145 e. The summed E-state index contributed by atoms with van der Waals surface area (Å²) >= 11 is 0. The lowest BCUT2D eigenvalue weighted by molar-refractivity contribution is 1.10. The van der Waals surface area contributed by atoms with E-state index in [2.05, 4.69) is 264 Å². The van der Waals surface area contributed by atoms with Gasteiger partial charge in [0.15, 0.2) is 0 Å². The number of benzene rings is 10. The summed E-state index contributed by atoms with van der Waals surface area (Å²) in [5.41, 5.74) is 19.2. The average Bonchev–Trinajstić information content (AvgIpc) is 3.77. The normalized spacial score (nSPS) is 11.1. The van der Waals surface area contributed by atoms with Crippen LogP contribution >= 0.6 is 0 Å². The van der Waals surface area contributed by atoms with Crippen LogP contribution in [0.2, 0.25) is 0 Å².